The maximum absolute atomic E-state index is 13.7. The standard InChI is InChI=1S/C24H29ClF3N3O3/c1-30(2)17-11-31(12-17)23(33)15(7-8-29-13-32)5-6-20-21(25)18-9-16(14-3-4-14)10-19(22(18)34-20)24(26,27)28/h9-10,13-15,17H,3-8,11-12H2,1-2H3,(H,29,32). The number of fused-ring (bicyclic) bond motifs is 1. The van der Waals surface area contributed by atoms with Crippen LogP contribution < -0.4 is 5.32 Å². The van der Waals surface area contributed by atoms with Crippen LogP contribution in [0.1, 0.15) is 48.5 Å². The number of carbonyl (C=O) groups excluding carboxylic acids is 2. The highest BCUT2D eigenvalue weighted by Crippen LogP contribution is 2.47. The van der Waals surface area contributed by atoms with Gasteiger partial charge in [0.1, 0.15) is 11.3 Å². The highest BCUT2D eigenvalue weighted by molar-refractivity contribution is 6.36. The Hall–Kier alpha value is -2.26. The Bertz CT molecular complexity index is 1060. The third-order valence-corrected chi connectivity index (χ3v) is 7.28. The fraction of sp³-hybridized carbons (Fsp3) is 0.583. The Labute approximate surface area is 201 Å². The number of rotatable bonds is 10. The number of likely N-dealkylation sites (N-methyl/N-ethyl adjacent to an activating group) is 1. The fourth-order valence-electron chi connectivity index (χ4n) is 4.50. The SMILES string of the molecule is CN(C)C1CN(C(=O)C(CCNC=O)CCc2oc3c(C(F)(F)F)cc(C4CC4)cc3c2Cl)C1. The molecule has 1 N–H and O–H groups in total. The van der Waals surface area contributed by atoms with Crippen molar-refractivity contribution in [1.29, 1.82) is 0 Å². The van der Waals surface area contributed by atoms with Gasteiger partial charge in [0, 0.05) is 43.4 Å². The zero-order valence-corrected chi connectivity index (χ0v) is 20.0. The van der Waals surface area contributed by atoms with Crippen molar-refractivity contribution in [1.82, 2.24) is 15.1 Å². The quantitative estimate of drug-likeness (QED) is 0.388. The second-order valence-electron chi connectivity index (χ2n) is 9.51. The summed E-state index contributed by atoms with van der Waals surface area (Å²) in [5, 5.41) is 3.03. The van der Waals surface area contributed by atoms with Gasteiger partial charge in [-0.25, -0.2) is 0 Å². The van der Waals surface area contributed by atoms with Gasteiger partial charge in [0.25, 0.3) is 0 Å². The molecule has 1 aromatic heterocycles. The van der Waals surface area contributed by atoms with Gasteiger partial charge in [-0.2, -0.15) is 13.2 Å². The average molecular weight is 500 g/mol. The third kappa shape index (κ3) is 5.20. The summed E-state index contributed by atoms with van der Waals surface area (Å²) in [5.41, 5.74) is -0.424. The predicted molar refractivity (Wildman–Crippen MR) is 123 cm³/mol. The zero-order chi connectivity index (χ0) is 24.6. The number of hydrogen-bond donors (Lipinski definition) is 1. The first-order valence-corrected chi connectivity index (χ1v) is 11.9. The fourth-order valence-corrected chi connectivity index (χ4v) is 4.77. The van der Waals surface area contributed by atoms with Gasteiger partial charge in [-0.1, -0.05) is 11.6 Å². The van der Waals surface area contributed by atoms with Crippen molar-refractivity contribution in [2.24, 2.45) is 5.92 Å². The first-order valence-electron chi connectivity index (χ1n) is 11.5. The maximum atomic E-state index is 13.7. The van der Waals surface area contributed by atoms with Crippen LogP contribution in [0.4, 0.5) is 13.2 Å². The summed E-state index contributed by atoms with van der Waals surface area (Å²) in [4.78, 5) is 27.6. The van der Waals surface area contributed by atoms with Gasteiger partial charge in [-0.05, 0) is 63.4 Å². The topological polar surface area (TPSA) is 65.8 Å². The molecular weight excluding hydrogens is 471 g/mol. The lowest BCUT2D eigenvalue weighted by molar-refractivity contribution is -0.143. The lowest BCUT2D eigenvalue weighted by Crippen LogP contribution is -2.60. The summed E-state index contributed by atoms with van der Waals surface area (Å²) >= 11 is 6.50. The number of alkyl halides is 3. The molecule has 2 aromatic rings. The summed E-state index contributed by atoms with van der Waals surface area (Å²) < 4.78 is 46.9. The zero-order valence-electron chi connectivity index (χ0n) is 19.3. The lowest BCUT2D eigenvalue weighted by atomic mass is 9.94. The van der Waals surface area contributed by atoms with Crippen molar-refractivity contribution < 1.29 is 27.2 Å². The highest BCUT2D eigenvalue weighted by atomic mass is 35.5. The van der Waals surface area contributed by atoms with Crippen LogP contribution in [-0.2, 0) is 22.2 Å². The van der Waals surface area contributed by atoms with E-state index in [-0.39, 0.29) is 40.0 Å². The minimum absolute atomic E-state index is 0.0231. The van der Waals surface area contributed by atoms with Crippen LogP contribution >= 0.6 is 11.6 Å². The smallest absolute Gasteiger partial charge is 0.420 e. The summed E-state index contributed by atoms with van der Waals surface area (Å²) in [7, 11) is 3.93. The van der Waals surface area contributed by atoms with Crippen molar-refractivity contribution >= 4 is 34.9 Å². The Kier molecular flexibility index (Phi) is 7.14. The Morgan fingerprint density at radius 2 is 2.00 bits per heavy atom. The minimum atomic E-state index is -4.55. The summed E-state index contributed by atoms with van der Waals surface area (Å²) in [5.74, 6) is -0.0326. The first-order chi connectivity index (χ1) is 16.1. The van der Waals surface area contributed by atoms with Gasteiger partial charge in [-0.3, -0.25) is 9.59 Å². The number of amides is 2. The van der Waals surface area contributed by atoms with Crippen LogP contribution in [-0.4, -0.2) is 61.9 Å². The second kappa shape index (κ2) is 9.77. The molecule has 186 valence electrons. The van der Waals surface area contributed by atoms with Crippen LogP contribution in [0.25, 0.3) is 11.0 Å². The molecule has 1 saturated carbocycles. The van der Waals surface area contributed by atoms with E-state index >= 15 is 0 Å². The molecule has 1 aromatic carbocycles. The molecule has 0 spiro atoms. The van der Waals surface area contributed by atoms with Gasteiger partial charge < -0.3 is 19.5 Å². The molecule has 34 heavy (non-hydrogen) atoms. The van der Waals surface area contributed by atoms with Crippen LogP contribution in [0.5, 0.6) is 0 Å². The molecule has 6 nitrogen and oxygen atoms in total. The molecule has 2 aliphatic rings. The van der Waals surface area contributed by atoms with E-state index in [1.54, 1.807) is 11.0 Å². The molecule has 10 heteroatoms. The van der Waals surface area contributed by atoms with Crippen molar-refractivity contribution in [3.63, 3.8) is 0 Å². The normalized spacial score (nSPS) is 17.8. The number of aryl methyl sites for hydroxylation is 1. The average Bonchev–Trinajstić information content (AvgIpc) is 3.53. The van der Waals surface area contributed by atoms with Gasteiger partial charge in [0.15, 0.2) is 0 Å². The molecular formula is C24H29ClF3N3O3. The highest BCUT2D eigenvalue weighted by Gasteiger charge is 2.38. The molecule has 2 amide bonds. The molecule has 1 aliphatic carbocycles. The van der Waals surface area contributed by atoms with E-state index in [9.17, 15) is 22.8 Å². The number of likely N-dealkylation sites (tertiary alicyclic amines) is 1. The Balaban J connectivity index is 1.54. The van der Waals surface area contributed by atoms with E-state index in [0.29, 0.717) is 50.5 Å². The molecule has 0 radical (unpaired) electrons. The summed E-state index contributed by atoms with van der Waals surface area (Å²) in [6.07, 6.45) is -1.21. The van der Waals surface area contributed by atoms with E-state index in [0.717, 1.165) is 12.8 Å². The number of hydrogen-bond acceptors (Lipinski definition) is 4. The first kappa shape index (κ1) is 24.9. The number of furan rings is 1. The van der Waals surface area contributed by atoms with Crippen molar-refractivity contribution in [3.05, 3.63) is 34.0 Å². The Morgan fingerprint density at radius 1 is 1.29 bits per heavy atom. The molecule has 2 fully saturated rings. The number of nitrogens with one attached hydrogen (secondary N) is 1. The maximum Gasteiger partial charge on any atom is 0.420 e. The van der Waals surface area contributed by atoms with Crippen molar-refractivity contribution in [2.75, 3.05) is 33.7 Å². The van der Waals surface area contributed by atoms with Gasteiger partial charge in [0.05, 0.1) is 10.6 Å². The van der Waals surface area contributed by atoms with E-state index < -0.39 is 17.7 Å². The van der Waals surface area contributed by atoms with Crippen molar-refractivity contribution in [2.45, 2.75) is 50.2 Å². The van der Waals surface area contributed by atoms with Gasteiger partial charge in [0.2, 0.25) is 12.3 Å². The van der Waals surface area contributed by atoms with Gasteiger partial charge >= 0.3 is 6.18 Å². The number of benzene rings is 1. The number of halogens is 4. The minimum Gasteiger partial charge on any atom is -0.459 e. The summed E-state index contributed by atoms with van der Waals surface area (Å²) in [6.45, 7) is 1.60. The van der Waals surface area contributed by atoms with E-state index in [1.165, 1.54) is 6.07 Å². The molecule has 0 bridgehead atoms. The van der Waals surface area contributed by atoms with Gasteiger partial charge in [-0.15, -0.1) is 0 Å². The number of nitrogens with zero attached hydrogens (tertiary/aromatic N) is 2. The lowest BCUT2D eigenvalue weighted by Gasteiger charge is -2.44. The third-order valence-electron chi connectivity index (χ3n) is 6.87. The molecule has 1 aliphatic heterocycles. The molecule has 4 rings (SSSR count). The van der Waals surface area contributed by atoms with E-state index in [4.69, 9.17) is 16.0 Å². The van der Waals surface area contributed by atoms with Crippen LogP contribution in [0.15, 0.2) is 16.5 Å². The Morgan fingerprint density at radius 3 is 2.59 bits per heavy atom. The number of carbonyl (C=O) groups is 2. The molecule has 1 atom stereocenters. The summed E-state index contributed by atoms with van der Waals surface area (Å²) in [6, 6.07) is 3.19. The van der Waals surface area contributed by atoms with Crippen LogP contribution in [0.3, 0.4) is 0 Å². The largest absolute Gasteiger partial charge is 0.459 e. The predicted octanol–water partition coefficient (Wildman–Crippen LogP) is 4.44. The molecule has 1 unspecified atom stereocenters. The van der Waals surface area contributed by atoms with Crippen LogP contribution in [0.2, 0.25) is 5.02 Å². The molecule has 2 heterocycles. The van der Waals surface area contributed by atoms with E-state index in [1.807, 2.05) is 14.1 Å². The van der Waals surface area contributed by atoms with Crippen LogP contribution in [0, 0.1) is 5.92 Å². The monoisotopic (exact) mass is 499 g/mol. The van der Waals surface area contributed by atoms with Crippen molar-refractivity contribution in [3.8, 4) is 0 Å². The molecule has 1 saturated heterocycles. The van der Waals surface area contributed by atoms with E-state index in [2.05, 4.69) is 10.2 Å². The second-order valence-corrected chi connectivity index (χ2v) is 9.89.